The second-order valence-electron chi connectivity index (χ2n) is 7.84. The summed E-state index contributed by atoms with van der Waals surface area (Å²) in [6.07, 6.45) is -3.93. The number of fused-ring (bicyclic) bond motifs is 1. The lowest BCUT2D eigenvalue weighted by Gasteiger charge is -2.19. The number of halogens is 3. The fourth-order valence-corrected chi connectivity index (χ4v) is 3.62. The van der Waals surface area contributed by atoms with Crippen molar-refractivity contribution in [1.29, 1.82) is 0 Å². The maximum Gasteiger partial charge on any atom is 0.416 e. The van der Waals surface area contributed by atoms with Gasteiger partial charge in [0, 0.05) is 18.2 Å². The molecule has 1 aliphatic heterocycles. The molecule has 3 heterocycles. The van der Waals surface area contributed by atoms with Crippen LogP contribution < -0.4 is 20.5 Å². The molecule has 1 aliphatic rings. The SMILES string of the molecule is COc1cc2nc(C)nc(N[C@H](C)c3cc(N)cc(C(F)(F)F)c3)c2nc1O[C@H]1CCOC1. The van der Waals surface area contributed by atoms with Crippen LogP contribution in [0.5, 0.6) is 11.6 Å². The number of hydrogen-bond donors (Lipinski definition) is 2. The van der Waals surface area contributed by atoms with Crippen LogP contribution in [-0.2, 0) is 10.9 Å². The van der Waals surface area contributed by atoms with Crippen LogP contribution in [-0.4, -0.2) is 41.4 Å². The molecule has 3 N–H and O–H groups in total. The summed E-state index contributed by atoms with van der Waals surface area (Å²) in [5, 5.41) is 3.15. The minimum atomic E-state index is -4.50. The van der Waals surface area contributed by atoms with Crippen LogP contribution in [0.1, 0.15) is 36.3 Å². The Bertz CT molecular complexity index is 1170. The summed E-state index contributed by atoms with van der Waals surface area (Å²) in [6.45, 7) is 4.49. The van der Waals surface area contributed by atoms with Crippen LogP contribution in [0.3, 0.4) is 0 Å². The van der Waals surface area contributed by atoms with Crippen LogP contribution in [0.25, 0.3) is 11.0 Å². The Balaban J connectivity index is 1.71. The van der Waals surface area contributed by atoms with Crippen molar-refractivity contribution in [2.24, 2.45) is 0 Å². The van der Waals surface area contributed by atoms with E-state index in [-0.39, 0.29) is 17.7 Å². The van der Waals surface area contributed by atoms with Gasteiger partial charge in [0.25, 0.3) is 5.88 Å². The van der Waals surface area contributed by atoms with E-state index in [9.17, 15) is 13.2 Å². The standard InChI is InChI=1S/C22H24F3N5O3/c1-11(13-6-14(22(23,24)25)8-15(26)7-13)27-20-19-17(28-12(2)29-20)9-18(31-3)21(30-19)33-16-4-5-32-10-16/h6-9,11,16H,4-5,10,26H2,1-3H3,(H,27,28,29)/t11-,16+/m1/s1. The summed E-state index contributed by atoms with van der Waals surface area (Å²) in [5.74, 6) is 1.50. The van der Waals surface area contributed by atoms with Crippen LogP contribution in [0.4, 0.5) is 24.7 Å². The number of nitrogen functional groups attached to an aromatic ring is 1. The summed E-state index contributed by atoms with van der Waals surface area (Å²) in [6, 6.07) is 4.61. The zero-order valence-corrected chi connectivity index (χ0v) is 18.4. The molecule has 0 radical (unpaired) electrons. The molecule has 8 nitrogen and oxygen atoms in total. The van der Waals surface area contributed by atoms with Gasteiger partial charge in [0.1, 0.15) is 17.4 Å². The molecule has 4 rings (SSSR count). The van der Waals surface area contributed by atoms with Crippen LogP contribution >= 0.6 is 0 Å². The zero-order chi connectivity index (χ0) is 23.8. The van der Waals surface area contributed by atoms with Gasteiger partial charge in [0.15, 0.2) is 11.6 Å². The molecule has 2 atom stereocenters. The highest BCUT2D eigenvalue weighted by Crippen LogP contribution is 2.35. The van der Waals surface area contributed by atoms with Gasteiger partial charge >= 0.3 is 6.18 Å². The molecule has 1 fully saturated rings. The van der Waals surface area contributed by atoms with E-state index in [0.717, 1.165) is 18.6 Å². The van der Waals surface area contributed by atoms with Crippen LogP contribution in [0, 0.1) is 6.92 Å². The van der Waals surface area contributed by atoms with Gasteiger partial charge in [-0.25, -0.2) is 15.0 Å². The lowest BCUT2D eigenvalue weighted by Crippen LogP contribution is -2.17. The fourth-order valence-electron chi connectivity index (χ4n) is 3.62. The Hall–Kier alpha value is -3.34. The van der Waals surface area contributed by atoms with Crippen molar-refractivity contribution in [3.8, 4) is 11.6 Å². The van der Waals surface area contributed by atoms with Gasteiger partial charge in [-0.2, -0.15) is 13.2 Å². The number of rotatable bonds is 6. The van der Waals surface area contributed by atoms with Crippen molar-refractivity contribution in [2.45, 2.75) is 38.6 Å². The molecule has 33 heavy (non-hydrogen) atoms. The van der Waals surface area contributed by atoms with E-state index in [0.29, 0.717) is 47.2 Å². The number of benzene rings is 1. The quantitative estimate of drug-likeness (QED) is 0.522. The Morgan fingerprint density at radius 3 is 2.64 bits per heavy atom. The molecule has 0 saturated carbocycles. The van der Waals surface area contributed by atoms with Gasteiger partial charge in [-0.3, -0.25) is 0 Å². The normalized spacial score (nSPS) is 17.2. The monoisotopic (exact) mass is 463 g/mol. The number of nitrogens with one attached hydrogen (secondary N) is 1. The second-order valence-corrected chi connectivity index (χ2v) is 7.84. The predicted octanol–water partition coefficient (Wildman–Crippen LogP) is 4.28. The first-order valence-electron chi connectivity index (χ1n) is 10.4. The minimum Gasteiger partial charge on any atom is -0.491 e. The van der Waals surface area contributed by atoms with E-state index in [1.54, 1.807) is 19.9 Å². The topological polar surface area (TPSA) is 104 Å². The molecular formula is C22H24F3N5O3. The van der Waals surface area contributed by atoms with Gasteiger partial charge in [0.2, 0.25) is 0 Å². The molecule has 0 spiro atoms. The molecular weight excluding hydrogens is 439 g/mol. The summed E-state index contributed by atoms with van der Waals surface area (Å²) in [4.78, 5) is 13.4. The summed E-state index contributed by atoms with van der Waals surface area (Å²) >= 11 is 0. The number of hydrogen-bond acceptors (Lipinski definition) is 8. The Kier molecular flexibility index (Phi) is 6.15. The fraction of sp³-hybridized carbons (Fsp3) is 0.409. The minimum absolute atomic E-state index is 0.0227. The Morgan fingerprint density at radius 1 is 1.18 bits per heavy atom. The van der Waals surface area contributed by atoms with Gasteiger partial charge < -0.3 is 25.3 Å². The number of alkyl halides is 3. The maximum absolute atomic E-state index is 13.2. The van der Waals surface area contributed by atoms with Crippen LogP contribution in [0.2, 0.25) is 0 Å². The van der Waals surface area contributed by atoms with Crippen molar-refractivity contribution in [1.82, 2.24) is 15.0 Å². The van der Waals surface area contributed by atoms with Crippen molar-refractivity contribution >= 4 is 22.5 Å². The van der Waals surface area contributed by atoms with Gasteiger partial charge in [-0.05, 0) is 37.6 Å². The molecule has 0 amide bonds. The average Bonchev–Trinajstić information content (AvgIpc) is 3.25. The molecule has 1 aromatic carbocycles. The second kappa shape index (κ2) is 8.89. The Morgan fingerprint density at radius 2 is 1.97 bits per heavy atom. The third kappa shape index (κ3) is 5.03. The maximum atomic E-state index is 13.2. The smallest absolute Gasteiger partial charge is 0.416 e. The first-order chi connectivity index (χ1) is 15.6. The number of ether oxygens (including phenoxy) is 3. The van der Waals surface area contributed by atoms with Gasteiger partial charge in [0.05, 0.1) is 37.4 Å². The number of pyridine rings is 1. The van der Waals surface area contributed by atoms with E-state index in [2.05, 4.69) is 20.3 Å². The van der Waals surface area contributed by atoms with E-state index in [1.165, 1.54) is 13.2 Å². The lowest BCUT2D eigenvalue weighted by atomic mass is 10.0. The van der Waals surface area contributed by atoms with Crippen molar-refractivity contribution in [2.75, 3.05) is 31.4 Å². The molecule has 0 bridgehead atoms. The summed E-state index contributed by atoms with van der Waals surface area (Å²) in [7, 11) is 1.51. The van der Waals surface area contributed by atoms with E-state index in [1.807, 2.05) is 0 Å². The first-order valence-corrected chi connectivity index (χ1v) is 10.4. The highest BCUT2D eigenvalue weighted by molar-refractivity contribution is 5.87. The van der Waals surface area contributed by atoms with Gasteiger partial charge in [-0.15, -0.1) is 0 Å². The molecule has 0 unspecified atom stereocenters. The molecule has 2 aromatic heterocycles. The summed E-state index contributed by atoms with van der Waals surface area (Å²) in [5.41, 5.74) is 6.21. The van der Waals surface area contributed by atoms with Crippen molar-refractivity contribution < 1.29 is 27.4 Å². The third-order valence-corrected chi connectivity index (χ3v) is 5.26. The average molecular weight is 463 g/mol. The molecule has 11 heteroatoms. The molecule has 176 valence electrons. The van der Waals surface area contributed by atoms with Crippen molar-refractivity contribution in [3.63, 3.8) is 0 Å². The number of aromatic nitrogens is 3. The number of nitrogens with two attached hydrogens (primary N) is 1. The third-order valence-electron chi connectivity index (χ3n) is 5.26. The van der Waals surface area contributed by atoms with Crippen molar-refractivity contribution in [3.05, 3.63) is 41.2 Å². The van der Waals surface area contributed by atoms with E-state index >= 15 is 0 Å². The molecule has 1 saturated heterocycles. The van der Waals surface area contributed by atoms with E-state index < -0.39 is 17.8 Å². The molecule has 3 aromatic rings. The Labute approximate surface area is 188 Å². The largest absolute Gasteiger partial charge is 0.491 e. The number of methoxy groups -OCH3 is 1. The first kappa shape index (κ1) is 22.8. The highest BCUT2D eigenvalue weighted by Gasteiger charge is 2.31. The number of aryl methyl sites for hydroxylation is 1. The van der Waals surface area contributed by atoms with E-state index in [4.69, 9.17) is 19.9 Å². The van der Waals surface area contributed by atoms with Gasteiger partial charge in [-0.1, -0.05) is 0 Å². The molecule has 0 aliphatic carbocycles. The zero-order valence-electron chi connectivity index (χ0n) is 18.4. The predicted molar refractivity (Wildman–Crippen MR) is 116 cm³/mol. The number of nitrogens with zero attached hydrogens (tertiary/aromatic N) is 3. The summed E-state index contributed by atoms with van der Waals surface area (Å²) < 4.78 is 56.5. The number of anilines is 2. The lowest BCUT2D eigenvalue weighted by molar-refractivity contribution is -0.137. The highest BCUT2D eigenvalue weighted by atomic mass is 19.4. The van der Waals surface area contributed by atoms with Crippen LogP contribution in [0.15, 0.2) is 24.3 Å².